The van der Waals surface area contributed by atoms with E-state index >= 15 is 0 Å². The molecule has 0 fully saturated rings. The van der Waals surface area contributed by atoms with Crippen molar-refractivity contribution in [2.45, 2.75) is 6.92 Å². The summed E-state index contributed by atoms with van der Waals surface area (Å²) in [6, 6.07) is 12.7. The summed E-state index contributed by atoms with van der Waals surface area (Å²) in [4.78, 5) is 40.1. The topological polar surface area (TPSA) is 135 Å². The van der Waals surface area contributed by atoms with E-state index in [1.807, 2.05) is 49.3 Å². The number of ether oxygens (including phenoxy) is 1. The number of carbonyl (C=O) groups is 2. The number of amides is 2. The minimum absolute atomic E-state index is 0.0664. The lowest BCUT2D eigenvalue weighted by Gasteiger charge is -2.11. The number of hydrogen-bond acceptors (Lipinski definition) is 9. The fourth-order valence-corrected chi connectivity index (χ4v) is 3.52. The zero-order chi connectivity index (χ0) is 26.4. The van der Waals surface area contributed by atoms with E-state index in [0.717, 1.165) is 5.56 Å². The highest BCUT2D eigenvalue weighted by atomic mass is 16.5. The quantitative estimate of drug-likeness (QED) is 0.355. The normalized spacial score (nSPS) is 10.8. The number of carbonyl (C=O) groups excluding carboxylic acids is 2. The van der Waals surface area contributed by atoms with Crippen LogP contribution in [0.2, 0.25) is 0 Å². The van der Waals surface area contributed by atoms with Crippen molar-refractivity contribution < 1.29 is 18.8 Å². The van der Waals surface area contributed by atoms with Crippen LogP contribution >= 0.6 is 0 Å². The van der Waals surface area contributed by atoms with E-state index in [9.17, 15) is 9.59 Å². The summed E-state index contributed by atoms with van der Waals surface area (Å²) in [7, 11) is 5.31. The average molecular weight is 502 g/mol. The molecule has 190 valence electrons. The Morgan fingerprint density at radius 3 is 2.41 bits per heavy atom. The average Bonchev–Trinajstić information content (AvgIpc) is 3.30. The Kier molecular flexibility index (Phi) is 7.84. The highest BCUT2D eigenvalue weighted by Gasteiger charge is 2.23. The minimum atomic E-state index is -0.404. The lowest BCUT2D eigenvalue weighted by Crippen LogP contribution is -2.32. The molecule has 0 atom stereocenters. The molecule has 11 heteroatoms. The van der Waals surface area contributed by atoms with E-state index in [0.29, 0.717) is 47.1 Å². The number of rotatable bonds is 9. The monoisotopic (exact) mass is 501 g/mol. The number of aryl methyl sites for hydroxylation is 1. The standard InChI is InChI=1S/C26H27N7O4/c1-16-21(22(32-37-16)17-8-6-5-7-9-17)24(34)30-20-11-10-19(31-26(20)36-4)18-14-28-23(29-15-18)25(35)27-12-13-33(2)3/h5-11,14-15H,12-13H2,1-4H3,(H,27,35)(H,30,34). The van der Waals surface area contributed by atoms with Crippen LogP contribution in [0.5, 0.6) is 5.88 Å². The van der Waals surface area contributed by atoms with Gasteiger partial charge in [0.15, 0.2) is 0 Å². The number of hydrogen-bond donors (Lipinski definition) is 2. The number of aromatic nitrogens is 4. The van der Waals surface area contributed by atoms with Gasteiger partial charge in [0.05, 0.1) is 12.8 Å². The van der Waals surface area contributed by atoms with E-state index in [-0.39, 0.29) is 17.6 Å². The number of nitrogens with zero attached hydrogens (tertiary/aromatic N) is 5. The van der Waals surface area contributed by atoms with E-state index in [1.165, 1.54) is 19.5 Å². The van der Waals surface area contributed by atoms with Gasteiger partial charge in [-0.05, 0) is 33.2 Å². The van der Waals surface area contributed by atoms with Crippen molar-refractivity contribution in [2.75, 3.05) is 39.6 Å². The van der Waals surface area contributed by atoms with Crippen molar-refractivity contribution in [3.8, 4) is 28.4 Å². The summed E-state index contributed by atoms with van der Waals surface area (Å²) in [5, 5.41) is 9.66. The highest BCUT2D eigenvalue weighted by molar-refractivity contribution is 6.09. The molecule has 11 nitrogen and oxygen atoms in total. The molecule has 0 aliphatic rings. The summed E-state index contributed by atoms with van der Waals surface area (Å²) in [5.41, 5.74) is 3.00. The van der Waals surface area contributed by atoms with Crippen molar-refractivity contribution in [1.82, 2.24) is 30.3 Å². The molecule has 0 saturated heterocycles. The maximum absolute atomic E-state index is 13.2. The van der Waals surface area contributed by atoms with Crippen LogP contribution in [0.3, 0.4) is 0 Å². The molecule has 0 aliphatic heterocycles. The van der Waals surface area contributed by atoms with Gasteiger partial charge in [0.1, 0.15) is 22.7 Å². The number of nitrogens with one attached hydrogen (secondary N) is 2. The molecule has 3 heterocycles. The van der Waals surface area contributed by atoms with Crippen LogP contribution in [0, 0.1) is 6.92 Å². The van der Waals surface area contributed by atoms with Gasteiger partial charge in [-0.1, -0.05) is 35.5 Å². The third-order valence-electron chi connectivity index (χ3n) is 5.43. The van der Waals surface area contributed by atoms with Crippen LogP contribution in [-0.4, -0.2) is 71.1 Å². The first-order valence-electron chi connectivity index (χ1n) is 11.5. The smallest absolute Gasteiger partial charge is 0.289 e. The largest absolute Gasteiger partial charge is 0.479 e. The van der Waals surface area contributed by atoms with Crippen molar-refractivity contribution in [3.05, 3.63) is 72.0 Å². The maximum atomic E-state index is 13.2. The van der Waals surface area contributed by atoms with E-state index in [4.69, 9.17) is 9.26 Å². The van der Waals surface area contributed by atoms with E-state index in [2.05, 4.69) is 30.7 Å². The molecule has 4 rings (SSSR count). The third-order valence-corrected chi connectivity index (χ3v) is 5.43. The molecular formula is C26H27N7O4. The van der Waals surface area contributed by atoms with Gasteiger partial charge >= 0.3 is 0 Å². The van der Waals surface area contributed by atoms with Crippen LogP contribution < -0.4 is 15.4 Å². The first-order valence-corrected chi connectivity index (χ1v) is 11.5. The molecule has 37 heavy (non-hydrogen) atoms. The molecule has 0 bridgehead atoms. The van der Waals surface area contributed by atoms with E-state index < -0.39 is 5.91 Å². The van der Waals surface area contributed by atoms with Gasteiger partial charge < -0.3 is 24.8 Å². The lowest BCUT2D eigenvalue weighted by atomic mass is 10.1. The molecule has 2 N–H and O–H groups in total. The van der Waals surface area contributed by atoms with Gasteiger partial charge in [-0.3, -0.25) is 9.59 Å². The molecular weight excluding hydrogens is 474 g/mol. The first-order chi connectivity index (χ1) is 17.9. The zero-order valence-corrected chi connectivity index (χ0v) is 21.0. The van der Waals surface area contributed by atoms with Gasteiger partial charge in [-0.2, -0.15) is 0 Å². The van der Waals surface area contributed by atoms with Crippen LogP contribution in [0.15, 0.2) is 59.4 Å². The number of methoxy groups -OCH3 is 1. The second-order valence-corrected chi connectivity index (χ2v) is 8.39. The summed E-state index contributed by atoms with van der Waals surface area (Å²) in [5.74, 6) is -0.0967. The molecule has 2 amide bonds. The van der Waals surface area contributed by atoms with Crippen molar-refractivity contribution >= 4 is 17.5 Å². The van der Waals surface area contributed by atoms with Crippen LogP contribution in [-0.2, 0) is 0 Å². The summed E-state index contributed by atoms with van der Waals surface area (Å²) in [6.07, 6.45) is 3.03. The maximum Gasteiger partial charge on any atom is 0.289 e. The number of pyridine rings is 1. The van der Waals surface area contributed by atoms with Gasteiger partial charge in [-0.15, -0.1) is 0 Å². The fraction of sp³-hybridized carbons (Fsp3) is 0.231. The molecule has 3 aromatic heterocycles. The Balaban J connectivity index is 1.51. The number of anilines is 1. The fourth-order valence-electron chi connectivity index (χ4n) is 3.52. The summed E-state index contributed by atoms with van der Waals surface area (Å²) < 4.78 is 10.7. The first kappa shape index (κ1) is 25.5. The molecule has 0 saturated carbocycles. The second-order valence-electron chi connectivity index (χ2n) is 8.39. The number of likely N-dealkylation sites (N-methyl/N-ethyl adjacent to an activating group) is 1. The number of benzene rings is 1. The predicted molar refractivity (Wildman–Crippen MR) is 137 cm³/mol. The Hall–Kier alpha value is -4.64. The van der Waals surface area contributed by atoms with Crippen molar-refractivity contribution in [2.24, 2.45) is 0 Å². The highest BCUT2D eigenvalue weighted by Crippen LogP contribution is 2.29. The van der Waals surface area contributed by atoms with Crippen LogP contribution in [0.25, 0.3) is 22.5 Å². The van der Waals surface area contributed by atoms with Crippen LogP contribution in [0.4, 0.5) is 5.69 Å². The predicted octanol–water partition coefficient (Wildman–Crippen LogP) is 3.05. The molecule has 0 radical (unpaired) electrons. The summed E-state index contributed by atoms with van der Waals surface area (Å²) in [6.45, 7) is 2.88. The summed E-state index contributed by atoms with van der Waals surface area (Å²) >= 11 is 0. The Morgan fingerprint density at radius 1 is 1.00 bits per heavy atom. The molecule has 1 aromatic carbocycles. The van der Waals surface area contributed by atoms with Gasteiger partial charge in [-0.25, -0.2) is 15.0 Å². The van der Waals surface area contributed by atoms with Crippen LogP contribution in [0.1, 0.15) is 26.7 Å². The van der Waals surface area contributed by atoms with Gasteiger partial charge in [0, 0.05) is 36.6 Å². The third kappa shape index (κ3) is 5.96. The Bertz CT molecular complexity index is 1390. The molecule has 4 aromatic rings. The van der Waals surface area contributed by atoms with E-state index in [1.54, 1.807) is 19.1 Å². The molecule has 0 aliphatic carbocycles. The zero-order valence-electron chi connectivity index (χ0n) is 21.0. The van der Waals surface area contributed by atoms with Gasteiger partial charge in [0.2, 0.25) is 11.7 Å². The Morgan fingerprint density at radius 2 is 1.73 bits per heavy atom. The van der Waals surface area contributed by atoms with Crippen molar-refractivity contribution in [3.63, 3.8) is 0 Å². The Labute approximate surface area is 213 Å². The molecule has 0 unspecified atom stereocenters. The van der Waals surface area contributed by atoms with Crippen molar-refractivity contribution in [1.29, 1.82) is 0 Å². The SMILES string of the molecule is COc1nc(-c2cnc(C(=O)NCCN(C)C)nc2)ccc1NC(=O)c1c(-c2ccccc2)noc1C. The van der Waals surface area contributed by atoms with Gasteiger partial charge in [0.25, 0.3) is 11.8 Å². The second kappa shape index (κ2) is 11.4. The lowest BCUT2D eigenvalue weighted by molar-refractivity contribution is 0.0940. The molecule has 0 spiro atoms. The minimum Gasteiger partial charge on any atom is -0.479 e.